The number of benzene rings is 2. The summed E-state index contributed by atoms with van der Waals surface area (Å²) in [5.41, 5.74) is 3.39. The highest BCUT2D eigenvalue weighted by atomic mass is 19.1. The van der Waals surface area contributed by atoms with E-state index >= 15 is 0 Å². The van der Waals surface area contributed by atoms with Crippen molar-refractivity contribution in [3.8, 4) is 11.5 Å². The molecule has 0 spiro atoms. The third-order valence-corrected chi connectivity index (χ3v) is 4.93. The minimum atomic E-state index is -0.393. The Morgan fingerprint density at radius 3 is 2.66 bits per heavy atom. The lowest BCUT2D eigenvalue weighted by molar-refractivity contribution is 0.0951. The molecule has 2 aromatic heterocycles. The first-order valence-corrected chi connectivity index (χ1v) is 10.4. The number of aryl methyl sites for hydroxylation is 1. The molecule has 0 unspecified atom stereocenters. The molecule has 0 aliphatic heterocycles. The van der Waals surface area contributed by atoms with Crippen LogP contribution in [0.5, 0.6) is 11.5 Å². The summed E-state index contributed by atoms with van der Waals surface area (Å²) >= 11 is 0. The van der Waals surface area contributed by atoms with Crippen LogP contribution in [0.3, 0.4) is 0 Å². The number of hydrogen-bond donors (Lipinski definition) is 1. The van der Waals surface area contributed by atoms with Crippen molar-refractivity contribution < 1.29 is 18.7 Å². The Labute approximate surface area is 185 Å². The third-order valence-electron chi connectivity index (χ3n) is 4.93. The number of carbonyl (C=O) groups is 1. The normalized spacial score (nSPS) is 10.8. The SMILES string of the molecule is Cc1cccn2cc(COc3ccc(C(=O)NCCCOc4ccccc4F)cc3)nc12. The van der Waals surface area contributed by atoms with E-state index in [9.17, 15) is 9.18 Å². The van der Waals surface area contributed by atoms with Gasteiger partial charge in [-0.15, -0.1) is 0 Å². The van der Waals surface area contributed by atoms with Gasteiger partial charge in [-0.1, -0.05) is 18.2 Å². The second-order valence-corrected chi connectivity index (χ2v) is 7.36. The summed E-state index contributed by atoms with van der Waals surface area (Å²) < 4.78 is 26.6. The topological polar surface area (TPSA) is 64.9 Å². The monoisotopic (exact) mass is 433 g/mol. The van der Waals surface area contributed by atoms with Gasteiger partial charge in [-0.25, -0.2) is 9.37 Å². The molecule has 1 N–H and O–H groups in total. The molecule has 0 atom stereocenters. The molecule has 4 rings (SSSR count). The molecular formula is C25H24FN3O3. The fourth-order valence-corrected chi connectivity index (χ4v) is 3.25. The summed E-state index contributed by atoms with van der Waals surface area (Å²) in [7, 11) is 0. The maximum Gasteiger partial charge on any atom is 0.251 e. The summed E-state index contributed by atoms with van der Waals surface area (Å²) in [5.74, 6) is 0.301. The fraction of sp³-hybridized carbons (Fsp3) is 0.200. The van der Waals surface area contributed by atoms with Gasteiger partial charge in [0.05, 0.1) is 12.3 Å². The number of pyridine rings is 1. The van der Waals surface area contributed by atoms with Gasteiger partial charge in [0.2, 0.25) is 0 Å². The summed E-state index contributed by atoms with van der Waals surface area (Å²) in [6.45, 7) is 3.11. The highest BCUT2D eigenvalue weighted by Gasteiger charge is 2.08. The Kier molecular flexibility index (Phi) is 6.65. The van der Waals surface area contributed by atoms with Crippen LogP contribution in [0.1, 0.15) is 28.0 Å². The molecule has 0 bridgehead atoms. The predicted octanol–water partition coefficient (Wildman–Crippen LogP) is 4.56. The van der Waals surface area contributed by atoms with Crippen LogP contribution < -0.4 is 14.8 Å². The molecule has 32 heavy (non-hydrogen) atoms. The Hall–Kier alpha value is -3.87. The van der Waals surface area contributed by atoms with Gasteiger partial charge in [0.15, 0.2) is 11.6 Å². The highest BCUT2D eigenvalue weighted by Crippen LogP contribution is 2.17. The maximum absolute atomic E-state index is 13.5. The maximum atomic E-state index is 13.5. The van der Waals surface area contributed by atoms with Gasteiger partial charge >= 0.3 is 0 Å². The molecule has 0 fully saturated rings. The first-order chi connectivity index (χ1) is 15.6. The van der Waals surface area contributed by atoms with E-state index in [0.29, 0.717) is 37.5 Å². The number of nitrogens with one attached hydrogen (secondary N) is 1. The molecule has 164 valence electrons. The first-order valence-electron chi connectivity index (χ1n) is 10.4. The minimum Gasteiger partial charge on any atom is -0.490 e. The quantitative estimate of drug-likeness (QED) is 0.393. The van der Waals surface area contributed by atoms with Crippen molar-refractivity contribution >= 4 is 11.6 Å². The van der Waals surface area contributed by atoms with Crippen molar-refractivity contribution in [2.24, 2.45) is 0 Å². The first kappa shape index (κ1) is 21.4. The van der Waals surface area contributed by atoms with Crippen LogP contribution in [-0.2, 0) is 6.61 Å². The van der Waals surface area contributed by atoms with Crippen molar-refractivity contribution in [1.82, 2.24) is 14.7 Å². The summed E-state index contributed by atoms with van der Waals surface area (Å²) in [6, 6.07) is 17.2. The molecule has 0 aliphatic carbocycles. The van der Waals surface area contributed by atoms with Gasteiger partial charge in [-0.3, -0.25) is 4.79 Å². The molecule has 0 saturated carbocycles. The number of imidazole rings is 1. The zero-order valence-electron chi connectivity index (χ0n) is 17.8. The van der Waals surface area contributed by atoms with E-state index in [-0.39, 0.29) is 11.7 Å². The van der Waals surface area contributed by atoms with Gasteiger partial charge < -0.3 is 19.2 Å². The highest BCUT2D eigenvalue weighted by molar-refractivity contribution is 5.94. The number of hydrogen-bond acceptors (Lipinski definition) is 4. The number of carbonyl (C=O) groups excluding carboxylic acids is 1. The number of para-hydroxylation sites is 1. The lowest BCUT2D eigenvalue weighted by Gasteiger charge is -2.09. The predicted molar refractivity (Wildman–Crippen MR) is 120 cm³/mol. The van der Waals surface area contributed by atoms with Crippen LogP contribution in [0.15, 0.2) is 73.1 Å². The van der Waals surface area contributed by atoms with Crippen molar-refractivity contribution in [3.63, 3.8) is 0 Å². The molecule has 2 aromatic carbocycles. The standard InChI is InChI=1S/C25H24FN3O3/c1-18-6-4-14-29-16-20(28-24(18)29)17-32-21-11-9-19(10-12-21)25(30)27-13-5-15-31-23-8-3-2-7-22(23)26/h2-4,6-12,14,16H,5,13,15,17H2,1H3,(H,27,30). The average Bonchev–Trinajstić information content (AvgIpc) is 3.23. The second-order valence-electron chi connectivity index (χ2n) is 7.36. The lowest BCUT2D eigenvalue weighted by atomic mass is 10.2. The zero-order valence-corrected chi connectivity index (χ0v) is 17.8. The van der Waals surface area contributed by atoms with Crippen LogP contribution in [0.25, 0.3) is 5.65 Å². The fourth-order valence-electron chi connectivity index (χ4n) is 3.25. The molecule has 2 heterocycles. The number of halogens is 1. The molecule has 0 radical (unpaired) electrons. The third kappa shape index (κ3) is 5.24. The summed E-state index contributed by atoms with van der Waals surface area (Å²) in [6.07, 6.45) is 4.47. The molecule has 7 heteroatoms. The van der Waals surface area contributed by atoms with Gasteiger partial charge in [0, 0.05) is 24.5 Å². The van der Waals surface area contributed by atoms with Crippen LogP contribution in [0, 0.1) is 12.7 Å². The van der Waals surface area contributed by atoms with E-state index in [1.807, 2.05) is 35.9 Å². The second kappa shape index (κ2) is 9.96. The Bertz CT molecular complexity index is 1200. The molecule has 0 aliphatic rings. The minimum absolute atomic E-state index is 0.182. The smallest absolute Gasteiger partial charge is 0.251 e. The van der Waals surface area contributed by atoms with Gasteiger partial charge in [-0.2, -0.15) is 0 Å². The number of rotatable bonds is 9. The molecule has 4 aromatic rings. The van der Waals surface area contributed by atoms with E-state index in [1.54, 1.807) is 42.5 Å². The van der Waals surface area contributed by atoms with Crippen LogP contribution in [0.2, 0.25) is 0 Å². The Morgan fingerprint density at radius 2 is 1.88 bits per heavy atom. The number of ether oxygens (including phenoxy) is 2. The number of amides is 1. The van der Waals surface area contributed by atoms with Crippen LogP contribution in [-0.4, -0.2) is 28.4 Å². The summed E-state index contributed by atoms with van der Waals surface area (Å²) in [5, 5.41) is 2.83. The summed E-state index contributed by atoms with van der Waals surface area (Å²) in [4.78, 5) is 16.9. The van der Waals surface area contributed by atoms with Crippen molar-refractivity contribution in [2.45, 2.75) is 20.0 Å². The van der Waals surface area contributed by atoms with E-state index in [4.69, 9.17) is 9.47 Å². The van der Waals surface area contributed by atoms with E-state index in [1.165, 1.54) is 6.07 Å². The average molecular weight is 433 g/mol. The molecule has 0 saturated heterocycles. The molecule has 6 nitrogen and oxygen atoms in total. The van der Waals surface area contributed by atoms with Gasteiger partial charge in [0.1, 0.15) is 18.0 Å². The van der Waals surface area contributed by atoms with Crippen molar-refractivity contribution in [2.75, 3.05) is 13.2 Å². The number of nitrogens with zero attached hydrogens (tertiary/aromatic N) is 2. The van der Waals surface area contributed by atoms with Crippen LogP contribution in [0.4, 0.5) is 4.39 Å². The van der Waals surface area contributed by atoms with Gasteiger partial charge in [0.25, 0.3) is 5.91 Å². The van der Waals surface area contributed by atoms with E-state index < -0.39 is 5.82 Å². The van der Waals surface area contributed by atoms with E-state index in [0.717, 1.165) is 16.9 Å². The Balaban J connectivity index is 1.21. The zero-order chi connectivity index (χ0) is 22.3. The largest absolute Gasteiger partial charge is 0.490 e. The lowest BCUT2D eigenvalue weighted by Crippen LogP contribution is -2.25. The molecular weight excluding hydrogens is 409 g/mol. The number of fused-ring (bicyclic) bond motifs is 1. The Morgan fingerprint density at radius 1 is 1.06 bits per heavy atom. The van der Waals surface area contributed by atoms with Crippen LogP contribution >= 0.6 is 0 Å². The van der Waals surface area contributed by atoms with Gasteiger partial charge in [-0.05, 0) is 61.4 Å². The van der Waals surface area contributed by atoms with E-state index in [2.05, 4.69) is 10.3 Å². The van der Waals surface area contributed by atoms with Crippen molar-refractivity contribution in [3.05, 3.63) is 95.7 Å². The number of aromatic nitrogens is 2. The van der Waals surface area contributed by atoms with Crippen molar-refractivity contribution in [1.29, 1.82) is 0 Å². The molecule has 1 amide bonds.